The summed E-state index contributed by atoms with van der Waals surface area (Å²) < 4.78 is 2.28. The average molecular weight is 395 g/mol. The highest BCUT2D eigenvalue weighted by Gasteiger charge is 2.19. The van der Waals surface area contributed by atoms with Crippen LogP contribution in [-0.4, -0.2) is 0 Å². The zero-order valence-corrected chi connectivity index (χ0v) is 14.6. The largest absolute Gasteiger partial charge is 0.118 e. The van der Waals surface area contributed by atoms with Crippen molar-refractivity contribution in [3.8, 4) is 0 Å². The van der Waals surface area contributed by atoms with Gasteiger partial charge in [-0.15, -0.1) is 11.6 Å². The maximum absolute atomic E-state index is 6.56. The Bertz CT molecular complexity index is 411. The van der Waals surface area contributed by atoms with Gasteiger partial charge in [0.25, 0.3) is 0 Å². The molecule has 0 aromatic heterocycles. The molecule has 1 aromatic rings. The molecule has 3 heteroatoms. The molecule has 1 aromatic carbocycles. The van der Waals surface area contributed by atoms with Crippen LogP contribution in [0.5, 0.6) is 0 Å². The van der Waals surface area contributed by atoms with Gasteiger partial charge in [-0.2, -0.15) is 0 Å². The van der Waals surface area contributed by atoms with E-state index >= 15 is 0 Å². The third-order valence-electron chi connectivity index (χ3n) is 3.92. The van der Waals surface area contributed by atoms with Crippen LogP contribution < -0.4 is 0 Å². The van der Waals surface area contributed by atoms with E-state index < -0.39 is 0 Å². The van der Waals surface area contributed by atoms with Crippen molar-refractivity contribution >= 4 is 43.5 Å². The van der Waals surface area contributed by atoms with Crippen molar-refractivity contribution in [3.63, 3.8) is 0 Å². The van der Waals surface area contributed by atoms with Crippen LogP contribution in [0.4, 0.5) is 0 Å². The van der Waals surface area contributed by atoms with Gasteiger partial charge in [0, 0.05) is 8.95 Å². The smallest absolute Gasteiger partial charge is 0.0596 e. The molecule has 0 bridgehead atoms. The number of alkyl halides is 1. The molecule has 1 unspecified atom stereocenters. The van der Waals surface area contributed by atoms with Gasteiger partial charge in [0.2, 0.25) is 0 Å². The van der Waals surface area contributed by atoms with Gasteiger partial charge >= 0.3 is 0 Å². The molecule has 18 heavy (non-hydrogen) atoms. The van der Waals surface area contributed by atoms with Crippen molar-refractivity contribution in [2.75, 3.05) is 0 Å². The molecule has 1 atom stereocenters. The normalized spacial score (nSPS) is 18.2. The van der Waals surface area contributed by atoms with Crippen molar-refractivity contribution < 1.29 is 0 Å². The SMILES string of the molecule is Cc1cc(Br)c(C(Cl)CCC2CCCC2)cc1Br. The lowest BCUT2D eigenvalue weighted by Gasteiger charge is -2.16. The monoisotopic (exact) mass is 392 g/mol. The quantitative estimate of drug-likeness (QED) is 0.494. The summed E-state index contributed by atoms with van der Waals surface area (Å²) in [6.45, 7) is 2.10. The Hall–Kier alpha value is 0.470. The summed E-state index contributed by atoms with van der Waals surface area (Å²) in [5.41, 5.74) is 2.46. The molecule has 0 heterocycles. The lowest BCUT2D eigenvalue weighted by Crippen LogP contribution is -1.99. The topological polar surface area (TPSA) is 0 Å². The number of benzene rings is 1. The zero-order valence-electron chi connectivity index (χ0n) is 10.7. The highest BCUT2D eigenvalue weighted by Crippen LogP contribution is 2.38. The van der Waals surface area contributed by atoms with E-state index in [9.17, 15) is 0 Å². The highest BCUT2D eigenvalue weighted by atomic mass is 79.9. The summed E-state index contributed by atoms with van der Waals surface area (Å²) >= 11 is 13.8. The third kappa shape index (κ3) is 3.74. The van der Waals surface area contributed by atoms with Gasteiger partial charge in [-0.3, -0.25) is 0 Å². The van der Waals surface area contributed by atoms with Crippen LogP contribution in [0, 0.1) is 12.8 Å². The summed E-state index contributed by atoms with van der Waals surface area (Å²) in [6.07, 6.45) is 7.99. The number of halogens is 3. The molecular formula is C15H19Br2Cl. The predicted octanol–water partition coefficient (Wildman–Crippen LogP) is 6.77. The second-order valence-electron chi connectivity index (χ2n) is 5.32. The number of aryl methyl sites for hydroxylation is 1. The van der Waals surface area contributed by atoms with Crippen LogP contribution in [0.2, 0.25) is 0 Å². The van der Waals surface area contributed by atoms with Gasteiger partial charge in [0.1, 0.15) is 0 Å². The van der Waals surface area contributed by atoms with Crippen molar-refractivity contribution in [1.82, 2.24) is 0 Å². The van der Waals surface area contributed by atoms with Gasteiger partial charge < -0.3 is 0 Å². The van der Waals surface area contributed by atoms with Crippen LogP contribution in [0.1, 0.15) is 55.0 Å². The van der Waals surface area contributed by atoms with Crippen molar-refractivity contribution in [2.24, 2.45) is 5.92 Å². The second-order valence-corrected chi connectivity index (χ2v) is 7.55. The number of rotatable bonds is 4. The van der Waals surface area contributed by atoms with E-state index in [2.05, 4.69) is 50.9 Å². The van der Waals surface area contributed by atoms with E-state index in [1.165, 1.54) is 43.2 Å². The second kappa shape index (κ2) is 6.76. The predicted molar refractivity (Wildman–Crippen MR) is 86.4 cm³/mol. The first-order valence-corrected chi connectivity index (χ1v) is 8.69. The van der Waals surface area contributed by atoms with E-state index in [1.807, 2.05) is 0 Å². The minimum absolute atomic E-state index is 0.122. The maximum atomic E-state index is 6.56. The molecule has 0 saturated heterocycles. The lowest BCUT2D eigenvalue weighted by molar-refractivity contribution is 0.479. The summed E-state index contributed by atoms with van der Waals surface area (Å²) in [5.74, 6) is 0.916. The Balaban J connectivity index is 1.99. The minimum atomic E-state index is 0.122. The molecule has 0 amide bonds. The molecule has 1 aliphatic carbocycles. The van der Waals surface area contributed by atoms with Crippen molar-refractivity contribution in [1.29, 1.82) is 0 Å². The van der Waals surface area contributed by atoms with Crippen LogP contribution in [0.25, 0.3) is 0 Å². The Labute approximate surface area is 132 Å². The molecular weight excluding hydrogens is 375 g/mol. The summed E-state index contributed by atoms with van der Waals surface area (Å²) in [7, 11) is 0. The fourth-order valence-electron chi connectivity index (χ4n) is 2.74. The number of hydrogen-bond acceptors (Lipinski definition) is 0. The molecule has 1 aliphatic rings. The molecule has 100 valence electrons. The Morgan fingerprint density at radius 1 is 1.22 bits per heavy atom. The molecule has 0 aliphatic heterocycles. The molecule has 0 radical (unpaired) electrons. The third-order valence-corrected chi connectivity index (χ3v) is 5.91. The van der Waals surface area contributed by atoms with Gasteiger partial charge in [-0.1, -0.05) is 57.5 Å². The van der Waals surface area contributed by atoms with E-state index in [4.69, 9.17) is 11.6 Å². The maximum Gasteiger partial charge on any atom is 0.0596 e. The fraction of sp³-hybridized carbons (Fsp3) is 0.600. The average Bonchev–Trinajstić information content (AvgIpc) is 2.84. The highest BCUT2D eigenvalue weighted by molar-refractivity contribution is 9.11. The van der Waals surface area contributed by atoms with Gasteiger partial charge in [-0.25, -0.2) is 0 Å². The summed E-state index contributed by atoms with van der Waals surface area (Å²) in [4.78, 5) is 0. The lowest BCUT2D eigenvalue weighted by atomic mass is 9.98. The fourth-order valence-corrected chi connectivity index (χ4v) is 4.27. The van der Waals surface area contributed by atoms with Crippen LogP contribution in [-0.2, 0) is 0 Å². The van der Waals surface area contributed by atoms with Crippen LogP contribution >= 0.6 is 43.5 Å². The molecule has 0 N–H and O–H groups in total. The van der Waals surface area contributed by atoms with Crippen molar-refractivity contribution in [3.05, 3.63) is 32.2 Å². The van der Waals surface area contributed by atoms with E-state index in [0.29, 0.717) is 0 Å². The Morgan fingerprint density at radius 3 is 2.56 bits per heavy atom. The molecule has 0 nitrogen and oxygen atoms in total. The van der Waals surface area contributed by atoms with Crippen molar-refractivity contribution in [2.45, 2.75) is 50.8 Å². The summed E-state index contributed by atoms with van der Waals surface area (Å²) in [5, 5.41) is 0.122. The molecule has 1 fully saturated rings. The molecule has 0 spiro atoms. The Morgan fingerprint density at radius 2 is 1.89 bits per heavy atom. The minimum Gasteiger partial charge on any atom is -0.118 e. The van der Waals surface area contributed by atoms with Gasteiger partial charge in [0.15, 0.2) is 0 Å². The first-order chi connectivity index (χ1) is 8.58. The molecule has 1 saturated carbocycles. The summed E-state index contributed by atoms with van der Waals surface area (Å²) in [6, 6.07) is 4.30. The van der Waals surface area contributed by atoms with Gasteiger partial charge in [0.05, 0.1) is 5.38 Å². The zero-order chi connectivity index (χ0) is 13.1. The number of hydrogen-bond donors (Lipinski definition) is 0. The van der Waals surface area contributed by atoms with E-state index in [-0.39, 0.29) is 5.38 Å². The molecule has 2 rings (SSSR count). The standard InChI is InChI=1S/C15H19Br2Cl/c1-10-8-14(17)12(9-13(10)16)15(18)7-6-11-4-2-3-5-11/h8-9,11,15H,2-7H2,1H3. The first kappa shape index (κ1) is 14.9. The van der Waals surface area contributed by atoms with Gasteiger partial charge in [-0.05, 0) is 48.9 Å². The Kier molecular flexibility index (Phi) is 5.59. The van der Waals surface area contributed by atoms with Crippen LogP contribution in [0.15, 0.2) is 21.1 Å². The van der Waals surface area contributed by atoms with E-state index in [0.717, 1.165) is 21.3 Å². The van der Waals surface area contributed by atoms with Crippen LogP contribution in [0.3, 0.4) is 0 Å². The first-order valence-electron chi connectivity index (χ1n) is 6.67. The van der Waals surface area contributed by atoms with E-state index in [1.54, 1.807) is 0 Å².